The molecule has 7 nitrogen and oxygen atoms in total. The van der Waals surface area contributed by atoms with Crippen LogP contribution < -0.4 is 4.74 Å². The second-order valence-electron chi connectivity index (χ2n) is 8.69. The third-order valence-electron chi connectivity index (χ3n) is 6.76. The third kappa shape index (κ3) is 4.99. The third-order valence-corrected chi connectivity index (χ3v) is 8.62. The van der Waals surface area contributed by atoms with E-state index in [0.717, 1.165) is 30.5 Å². The fourth-order valence-electron chi connectivity index (χ4n) is 5.04. The predicted molar refractivity (Wildman–Crippen MR) is 130 cm³/mol. The van der Waals surface area contributed by atoms with Gasteiger partial charge in [0.05, 0.1) is 18.6 Å². The average molecular weight is 485 g/mol. The van der Waals surface area contributed by atoms with Crippen LogP contribution in [0.2, 0.25) is 0 Å². The maximum Gasteiger partial charge on any atom is 0.243 e. The summed E-state index contributed by atoms with van der Waals surface area (Å²) in [6, 6.07) is 14.7. The molecule has 4 rings (SSSR count). The van der Waals surface area contributed by atoms with E-state index in [1.54, 1.807) is 35.7 Å². The van der Waals surface area contributed by atoms with Crippen LogP contribution in [0, 0.1) is 11.8 Å². The van der Waals surface area contributed by atoms with Crippen molar-refractivity contribution in [2.75, 3.05) is 47.1 Å². The van der Waals surface area contributed by atoms with Gasteiger partial charge in [-0.25, -0.2) is 8.42 Å². The first-order chi connectivity index (χ1) is 16.5. The second-order valence-corrected chi connectivity index (χ2v) is 10.6. The zero-order valence-corrected chi connectivity index (χ0v) is 20.5. The molecule has 0 spiro atoms. The summed E-state index contributed by atoms with van der Waals surface area (Å²) in [6.07, 6.45) is 1.67. The zero-order valence-electron chi connectivity index (χ0n) is 19.7. The minimum atomic E-state index is -3.67. The van der Waals surface area contributed by atoms with Crippen molar-refractivity contribution >= 4 is 10.0 Å². The normalized spacial score (nSPS) is 23.6. The summed E-state index contributed by atoms with van der Waals surface area (Å²) in [4.78, 5) is 2.51. The second kappa shape index (κ2) is 10.9. The van der Waals surface area contributed by atoms with Crippen LogP contribution in [0.25, 0.3) is 0 Å². The molecule has 0 aromatic heterocycles. The van der Waals surface area contributed by atoms with E-state index in [-0.39, 0.29) is 29.5 Å². The number of aliphatic hydroxyl groups is 1. The summed E-state index contributed by atoms with van der Waals surface area (Å²) in [5, 5.41) is 10.2. The maximum atomic E-state index is 13.5. The number of sulfonamides is 1. The lowest BCUT2D eigenvalue weighted by atomic mass is 9.74. The summed E-state index contributed by atoms with van der Waals surface area (Å²) in [6.45, 7) is 2.15. The molecule has 2 aromatic carbocycles. The lowest BCUT2D eigenvalue weighted by Gasteiger charge is -2.57. The van der Waals surface area contributed by atoms with Gasteiger partial charge >= 0.3 is 0 Å². The Balaban J connectivity index is 1.59. The molecule has 2 aromatic rings. The fraction of sp³-hybridized carbons (Fsp3) is 0.462. The number of benzene rings is 2. The van der Waals surface area contributed by atoms with Crippen LogP contribution in [0.3, 0.4) is 0 Å². The van der Waals surface area contributed by atoms with Crippen molar-refractivity contribution in [3.63, 3.8) is 0 Å². The highest BCUT2D eigenvalue weighted by Crippen LogP contribution is 2.42. The van der Waals surface area contributed by atoms with Gasteiger partial charge in [-0.1, -0.05) is 30.0 Å². The molecule has 1 N–H and O–H groups in total. The summed E-state index contributed by atoms with van der Waals surface area (Å²) in [5.41, 5.74) is 1.99. The van der Waals surface area contributed by atoms with E-state index in [9.17, 15) is 13.5 Å². The lowest BCUT2D eigenvalue weighted by Crippen LogP contribution is -2.67. The number of aliphatic hydroxyl groups excluding tert-OH is 1. The molecule has 2 heterocycles. The minimum absolute atomic E-state index is 0.00302. The van der Waals surface area contributed by atoms with E-state index in [1.165, 1.54) is 7.11 Å². The van der Waals surface area contributed by atoms with Crippen molar-refractivity contribution in [3.05, 3.63) is 59.7 Å². The van der Waals surface area contributed by atoms with Gasteiger partial charge in [0.15, 0.2) is 0 Å². The van der Waals surface area contributed by atoms with Crippen LogP contribution in [0.5, 0.6) is 5.75 Å². The Morgan fingerprint density at radius 3 is 2.56 bits per heavy atom. The molecular formula is C26H32N2O5S. The molecule has 0 bridgehead atoms. The number of rotatable bonds is 6. The first-order valence-corrected chi connectivity index (χ1v) is 13.0. The van der Waals surface area contributed by atoms with Crippen molar-refractivity contribution in [1.82, 2.24) is 9.21 Å². The highest BCUT2D eigenvalue weighted by atomic mass is 32.2. The standard InChI is InChI=1S/C26H32N2O5S/c1-32-16-6-7-20-10-12-21(13-11-20)26-24-18-27(14-3-4-15-28(24)25(26)19-29)34(30,31)23-9-5-8-22(17-23)33-2/h5,8-13,17,24-26,29H,3-4,14-16,18-19H2,1-2H3/t24-,25-,26-/m1/s1. The van der Waals surface area contributed by atoms with E-state index in [0.29, 0.717) is 25.4 Å². The molecule has 0 saturated carbocycles. The van der Waals surface area contributed by atoms with E-state index in [4.69, 9.17) is 9.47 Å². The number of hydrogen-bond acceptors (Lipinski definition) is 6. The number of ether oxygens (including phenoxy) is 2. The maximum absolute atomic E-state index is 13.5. The van der Waals surface area contributed by atoms with Crippen LogP contribution in [0.4, 0.5) is 0 Å². The van der Waals surface area contributed by atoms with E-state index in [1.807, 2.05) is 24.3 Å². The van der Waals surface area contributed by atoms with Gasteiger partial charge in [0.25, 0.3) is 0 Å². The van der Waals surface area contributed by atoms with Crippen LogP contribution in [0.1, 0.15) is 29.9 Å². The number of nitrogens with zero attached hydrogens (tertiary/aromatic N) is 2. The van der Waals surface area contributed by atoms with Crippen molar-refractivity contribution in [2.45, 2.75) is 35.7 Å². The Kier molecular flexibility index (Phi) is 7.91. The summed E-state index contributed by atoms with van der Waals surface area (Å²) in [7, 11) is -0.529. The number of fused-ring (bicyclic) bond motifs is 1. The van der Waals surface area contributed by atoms with Crippen molar-refractivity contribution in [3.8, 4) is 17.6 Å². The van der Waals surface area contributed by atoms with Gasteiger partial charge in [-0.3, -0.25) is 4.90 Å². The van der Waals surface area contributed by atoms with Crippen LogP contribution in [-0.4, -0.2) is 81.9 Å². The lowest BCUT2D eigenvalue weighted by molar-refractivity contribution is -0.0553. The molecule has 2 fully saturated rings. The Morgan fingerprint density at radius 2 is 1.85 bits per heavy atom. The van der Waals surface area contributed by atoms with Crippen molar-refractivity contribution in [2.24, 2.45) is 0 Å². The van der Waals surface area contributed by atoms with Gasteiger partial charge in [0, 0.05) is 49.8 Å². The average Bonchev–Trinajstić information content (AvgIpc) is 2.84. The van der Waals surface area contributed by atoms with E-state index in [2.05, 4.69) is 16.7 Å². The highest BCUT2D eigenvalue weighted by molar-refractivity contribution is 7.89. The minimum Gasteiger partial charge on any atom is -0.497 e. The van der Waals surface area contributed by atoms with Gasteiger partial charge in [-0.05, 0) is 49.2 Å². The van der Waals surface area contributed by atoms with Crippen molar-refractivity contribution < 1.29 is 23.0 Å². The summed E-state index contributed by atoms with van der Waals surface area (Å²) in [5.74, 6) is 6.59. The molecule has 3 atom stereocenters. The van der Waals surface area contributed by atoms with Gasteiger partial charge < -0.3 is 14.6 Å². The van der Waals surface area contributed by atoms with E-state index >= 15 is 0 Å². The Morgan fingerprint density at radius 1 is 1.09 bits per heavy atom. The first kappa shape index (κ1) is 24.7. The Labute approximate surface area is 202 Å². The summed E-state index contributed by atoms with van der Waals surface area (Å²) < 4.78 is 38.9. The highest BCUT2D eigenvalue weighted by Gasteiger charge is 2.50. The molecule has 2 saturated heterocycles. The fourth-order valence-corrected chi connectivity index (χ4v) is 6.57. The summed E-state index contributed by atoms with van der Waals surface area (Å²) >= 11 is 0. The molecule has 2 aliphatic heterocycles. The van der Waals surface area contributed by atoms with E-state index < -0.39 is 10.0 Å². The Hall–Kier alpha value is -2.41. The molecule has 0 amide bonds. The Bertz CT molecular complexity index is 1140. The van der Waals surface area contributed by atoms with Gasteiger partial charge in [0.2, 0.25) is 10.0 Å². The smallest absolute Gasteiger partial charge is 0.243 e. The quantitative estimate of drug-likeness (QED) is 0.634. The van der Waals surface area contributed by atoms with Gasteiger partial charge in [-0.15, -0.1) is 0 Å². The molecule has 2 aliphatic rings. The van der Waals surface area contributed by atoms with Crippen LogP contribution >= 0.6 is 0 Å². The van der Waals surface area contributed by atoms with Crippen molar-refractivity contribution in [1.29, 1.82) is 0 Å². The monoisotopic (exact) mass is 484 g/mol. The molecule has 0 radical (unpaired) electrons. The zero-order chi connectivity index (χ0) is 24.1. The van der Waals surface area contributed by atoms with Gasteiger partial charge in [-0.2, -0.15) is 4.31 Å². The van der Waals surface area contributed by atoms with Crippen LogP contribution in [-0.2, 0) is 14.8 Å². The topological polar surface area (TPSA) is 79.3 Å². The largest absolute Gasteiger partial charge is 0.497 e. The molecule has 0 unspecified atom stereocenters. The predicted octanol–water partition coefficient (Wildman–Crippen LogP) is 2.31. The first-order valence-electron chi connectivity index (χ1n) is 11.6. The molecule has 34 heavy (non-hydrogen) atoms. The SMILES string of the molecule is COCC#Cc1ccc([C@H]2[C@@H](CO)N3CCCCN(S(=O)(=O)c4cccc(OC)c4)C[C@H]23)cc1. The molecular weight excluding hydrogens is 452 g/mol. The number of methoxy groups -OCH3 is 2. The number of hydrogen-bond donors (Lipinski definition) is 1. The molecule has 0 aliphatic carbocycles. The molecule has 8 heteroatoms. The molecule has 182 valence electrons. The van der Waals surface area contributed by atoms with Gasteiger partial charge in [0.1, 0.15) is 12.4 Å². The van der Waals surface area contributed by atoms with Crippen LogP contribution in [0.15, 0.2) is 53.4 Å².